The maximum absolute atomic E-state index is 11.0. The Balaban J connectivity index is 2.50. The number of rotatable bonds is 1. The maximum Gasteiger partial charge on any atom is 0.352 e. The minimum atomic E-state index is -0.880. The number of carboxylic acid groups (broad SMARTS) is 1. The molecule has 0 atom stereocenters. The van der Waals surface area contributed by atoms with Crippen molar-refractivity contribution < 1.29 is 9.90 Å². The summed E-state index contributed by atoms with van der Waals surface area (Å²) in [4.78, 5) is 11.0. The number of benzene rings is 1. The zero-order valence-electron chi connectivity index (χ0n) is 8.60. The van der Waals surface area contributed by atoms with Crippen LogP contribution in [0.4, 0.5) is 0 Å². The van der Waals surface area contributed by atoms with Gasteiger partial charge in [-0.1, -0.05) is 18.2 Å². The van der Waals surface area contributed by atoms with E-state index < -0.39 is 5.97 Å². The van der Waals surface area contributed by atoms with Gasteiger partial charge in [0.15, 0.2) is 0 Å². The van der Waals surface area contributed by atoms with Crippen molar-refractivity contribution in [1.29, 1.82) is 0 Å². The van der Waals surface area contributed by atoms with E-state index in [-0.39, 0.29) is 0 Å². The average Bonchev–Trinajstić information content (AvgIpc) is 2.75. The van der Waals surface area contributed by atoms with E-state index in [0.717, 1.165) is 15.6 Å². The number of nitrogens with zero attached hydrogens (tertiary/aromatic N) is 1. The third kappa shape index (κ3) is 1.10. The lowest BCUT2D eigenvalue weighted by Crippen LogP contribution is -2.03. The topological polar surface area (TPSA) is 42.2 Å². The molecular weight excluding hydrogens is 222 g/mol. The number of aryl methyl sites for hydroxylation is 1. The molecule has 2 aromatic heterocycles. The van der Waals surface area contributed by atoms with Crippen LogP contribution < -0.4 is 0 Å². The van der Waals surface area contributed by atoms with Gasteiger partial charge in [-0.25, -0.2) is 4.79 Å². The number of aromatic carboxylic acids is 1. The number of carboxylic acids is 1. The van der Waals surface area contributed by atoms with E-state index in [1.54, 1.807) is 29.0 Å². The quantitative estimate of drug-likeness (QED) is 0.699. The number of fused-ring (bicyclic) bond motifs is 3. The molecule has 1 aromatic carbocycles. The number of aromatic nitrogens is 1. The Bertz CT molecular complexity index is 708. The highest BCUT2D eigenvalue weighted by Crippen LogP contribution is 2.35. The summed E-state index contributed by atoms with van der Waals surface area (Å²) in [6.45, 7) is 0. The van der Waals surface area contributed by atoms with Gasteiger partial charge in [0.05, 0.1) is 10.2 Å². The predicted molar refractivity (Wildman–Crippen MR) is 65.3 cm³/mol. The summed E-state index contributed by atoms with van der Waals surface area (Å²) in [5, 5.41) is 10.2. The Morgan fingerprint density at radius 1 is 1.31 bits per heavy atom. The molecule has 0 radical (unpaired) electrons. The summed E-state index contributed by atoms with van der Waals surface area (Å²) in [7, 11) is 1.80. The molecule has 3 nitrogen and oxygen atoms in total. The summed E-state index contributed by atoms with van der Waals surface area (Å²) >= 11 is 1.63. The molecule has 16 heavy (non-hydrogen) atoms. The molecule has 0 amide bonds. The van der Waals surface area contributed by atoms with E-state index in [1.165, 1.54) is 4.70 Å². The minimum absolute atomic E-state index is 0.340. The summed E-state index contributed by atoms with van der Waals surface area (Å²) in [6, 6.07) is 9.79. The minimum Gasteiger partial charge on any atom is -0.477 e. The highest BCUT2D eigenvalue weighted by molar-refractivity contribution is 7.25. The van der Waals surface area contributed by atoms with Crippen LogP contribution >= 0.6 is 11.3 Å². The predicted octanol–water partition coefficient (Wildman–Crippen LogP) is 3.09. The molecule has 0 aliphatic heterocycles. The Morgan fingerprint density at radius 2 is 2.06 bits per heavy atom. The van der Waals surface area contributed by atoms with Crippen molar-refractivity contribution in [2.45, 2.75) is 0 Å². The summed E-state index contributed by atoms with van der Waals surface area (Å²) in [6.07, 6.45) is 0. The van der Waals surface area contributed by atoms with Gasteiger partial charge >= 0.3 is 5.97 Å². The first-order valence-corrected chi connectivity index (χ1v) is 5.70. The van der Waals surface area contributed by atoms with Gasteiger partial charge in [0, 0.05) is 17.1 Å². The zero-order chi connectivity index (χ0) is 11.3. The molecule has 0 fully saturated rings. The van der Waals surface area contributed by atoms with E-state index in [1.807, 2.05) is 18.2 Å². The van der Waals surface area contributed by atoms with Gasteiger partial charge in [-0.2, -0.15) is 0 Å². The standard InChI is InChI=1S/C12H9NO2S/c1-13-8(12(14)15)6-10-11(13)7-4-2-3-5-9(7)16-10/h2-6H,1H3,(H,14,15). The molecule has 0 saturated carbocycles. The van der Waals surface area contributed by atoms with Crippen LogP contribution in [-0.4, -0.2) is 15.6 Å². The fraction of sp³-hybridized carbons (Fsp3) is 0.0833. The van der Waals surface area contributed by atoms with E-state index >= 15 is 0 Å². The normalized spacial score (nSPS) is 11.3. The van der Waals surface area contributed by atoms with Gasteiger partial charge in [-0.15, -0.1) is 11.3 Å². The van der Waals surface area contributed by atoms with Crippen LogP contribution in [0.5, 0.6) is 0 Å². The monoisotopic (exact) mass is 231 g/mol. The molecule has 0 unspecified atom stereocenters. The highest BCUT2D eigenvalue weighted by Gasteiger charge is 2.15. The van der Waals surface area contributed by atoms with Crippen molar-refractivity contribution in [1.82, 2.24) is 4.57 Å². The maximum atomic E-state index is 11.0. The molecule has 0 aliphatic carbocycles. The molecule has 0 saturated heterocycles. The molecule has 2 heterocycles. The van der Waals surface area contributed by atoms with Gasteiger partial charge in [0.1, 0.15) is 5.69 Å². The molecule has 80 valence electrons. The third-order valence-electron chi connectivity index (χ3n) is 2.78. The SMILES string of the molecule is Cn1c(C(=O)O)cc2sc3ccccc3c21. The smallest absolute Gasteiger partial charge is 0.352 e. The van der Waals surface area contributed by atoms with Crippen molar-refractivity contribution in [3.63, 3.8) is 0 Å². The van der Waals surface area contributed by atoms with Crippen molar-refractivity contribution >= 4 is 37.6 Å². The van der Waals surface area contributed by atoms with E-state index in [2.05, 4.69) is 6.07 Å². The second kappa shape index (κ2) is 3.09. The Hall–Kier alpha value is -1.81. The van der Waals surface area contributed by atoms with Gasteiger partial charge in [0.25, 0.3) is 0 Å². The van der Waals surface area contributed by atoms with Crippen molar-refractivity contribution in [3.05, 3.63) is 36.0 Å². The molecule has 0 bridgehead atoms. The van der Waals surface area contributed by atoms with Crippen LogP contribution in [0.15, 0.2) is 30.3 Å². The first-order chi connectivity index (χ1) is 7.68. The van der Waals surface area contributed by atoms with E-state index in [4.69, 9.17) is 5.11 Å². The summed E-state index contributed by atoms with van der Waals surface area (Å²) < 4.78 is 3.97. The van der Waals surface area contributed by atoms with E-state index in [9.17, 15) is 4.79 Å². The number of thiophene rings is 1. The van der Waals surface area contributed by atoms with Crippen LogP contribution in [0.3, 0.4) is 0 Å². The van der Waals surface area contributed by atoms with Crippen LogP contribution in [0.2, 0.25) is 0 Å². The Kier molecular flexibility index (Phi) is 1.82. The third-order valence-corrected chi connectivity index (χ3v) is 3.89. The molecule has 3 rings (SSSR count). The lowest BCUT2D eigenvalue weighted by atomic mass is 10.2. The lowest BCUT2D eigenvalue weighted by molar-refractivity contribution is 0.0687. The van der Waals surface area contributed by atoms with Crippen LogP contribution in [0.1, 0.15) is 10.5 Å². The second-order valence-electron chi connectivity index (χ2n) is 3.70. The molecular formula is C12H9NO2S. The first kappa shape index (κ1) is 9.42. The Morgan fingerprint density at radius 3 is 2.81 bits per heavy atom. The Labute approximate surface area is 95.5 Å². The van der Waals surface area contributed by atoms with Crippen LogP contribution in [0, 0.1) is 0 Å². The first-order valence-electron chi connectivity index (χ1n) is 4.89. The highest BCUT2D eigenvalue weighted by atomic mass is 32.1. The van der Waals surface area contributed by atoms with Gasteiger partial charge in [-0.3, -0.25) is 0 Å². The van der Waals surface area contributed by atoms with Gasteiger partial charge in [-0.05, 0) is 12.1 Å². The van der Waals surface area contributed by atoms with Crippen molar-refractivity contribution in [3.8, 4) is 0 Å². The lowest BCUT2D eigenvalue weighted by Gasteiger charge is -1.98. The number of hydrogen-bond donors (Lipinski definition) is 1. The molecule has 3 aromatic rings. The second-order valence-corrected chi connectivity index (χ2v) is 4.79. The summed E-state index contributed by atoms with van der Waals surface area (Å²) in [5.41, 5.74) is 1.35. The molecule has 4 heteroatoms. The summed E-state index contributed by atoms with van der Waals surface area (Å²) in [5.74, 6) is -0.880. The zero-order valence-corrected chi connectivity index (χ0v) is 9.41. The van der Waals surface area contributed by atoms with Gasteiger partial charge in [0.2, 0.25) is 0 Å². The fourth-order valence-electron chi connectivity index (χ4n) is 2.04. The van der Waals surface area contributed by atoms with Gasteiger partial charge < -0.3 is 9.67 Å². The van der Waals surface area contributed by atoms with Crippen LogP contribution in [0.25, 0.3) is 20.3 Å². The average molecular weight is 231 g/mol. The van der Waals surface area contributed by atoms with E-state index in [0.29, 0.717) is 5.69 Å². The number of carbonyl (C=O) groups is 1. The largest absolute Gasteiger partial charge is 0.477 e. The van der Waals surface area contributed by atoms with Crippen molar-refractivity contribution in [2.75, 3.05) is 0 Å². The molecule has 1 N–H and O–H groups in total. The number of hydrogen-bond acceptors (Lipinski definition) is 2. The van der Waals surface area contributed by atoms with Crippen LogP contribution in [-0.2, 0) is 7.05 Å². The fourth-order valence-corrected chi connectivity index (χ4v) is 3.21. The van der Waals surface area contributed by atoms with Crippen molar-refractivity contribution in [2.24, 2.45) is 7.05 Å². The molecule has 0 spiro atoms. The molecule has 0 aliphatic rings.